The van der Waals surface area contributed by atoms with Gasteiger partial charge in [-0.3, -0.25) is 4.99 Å². The molecule has 22 heavy (non-hydrogen) atoms. The van der Waals surface area contributed by atoms with E-state index < -0.39 is 0 Å². The van der Waals surface area contributed by atoms with E-state index in [0.29, 0.717) is 18.7 Å². The number of hydrogen-bond donors (Lipinski definition) is 2. The fourth-order valence-electron chi connectivity index (χ4n) is 2.90. The van der Waals surface area contributed by atoms with Crippen molar-refractivity contribution in [1.29, 1.82) is 0 Å². The van der Waals surface area contributed by atoms with E-state index in [-0.39, 0.29) is 11.4 Å². The van der Waals surface area contributed by atoms with Crippen LogP contribution >= 0.6 is 12.6 Å². The number of aryl methyl sites for hydroxylation is 1. The molecule has 0 spiro atoms. The van der Waals surface area contributed by atoms with Crippen molar-refractivity contribution in [1.82, 2.24) is 0 Å². The first kappa shape index (κ1) is 17.2. The summed E-state index contributed by atoms with van der Waals surface area (Å²) in [5, 5.41) is 10.5. The Morgan fingerprint density at radius 1 is 1.32 bits per heavy atom. The van der Waals surface area contributed by atoms with Crippen molar-refractivity contribution < 1.29 is 9.84 Å². The maximum Gasteiger partial charge on any atom is 0.133 e. The molecular formula is C18H27NO2S. The third kappa shape index (κ3) is 4.19. The summed E-state index contributed by atoms with van der Waals surface area (Å²) in [6, 6.07) is 3.94. The van der Waals surface area contributed by atoms with Crippen molar-refractivity contribution in [2.24, 2.45) is 4.99 Å². The van der Waals surface area contributed by atoms with Crippen molar-refractivity contribution in [2.75, 3.05) is 12.3 Å². The lowest BCUT2D eigenvalue weighted by Crippen LogP contribution is -2.36. The Hall–Kier alpha value is -1.16. The summed E-state index contributed by atoms with van der Waals surface area (Å²) in [4.78, 5) is 4.60. The Bertz CT molecular complexity index is 552. The van der Waals surface area contributed by atoms with Gasteiger partial charge in [-0.05, 0) is 44.4 Å². The maximum atomic E-state index is 10.5. The zero-order valence-electron chi connectivity index (χ0n) is 13.9. The van der Waals surface area contributed by atoms with Crippen LogP contribution in [0.25, 0.3) is 0 Å². The highest BCUT2D eigenvalue weighted by Gasteiger charge is 2.33. The molecule has 1 aliphatic rings. The highest BCUT2D eigenvalue weighted by Crippen LogP contribution is 2.39. The van der Waals surface area contributed by atoms with Gasteiger partial charge in [0.25, 0.3) is 0 Å². The molecule has 0 unspecified atom stereocenters. The van der Waals surface area contributed by atoms with Crippen LogP contribution in [0.2, 0.25) is 0 Å². The van der Waals surface area contributed by atoms with Gasteiger partial charge >= 0.3 is 0 Å². The number of unbranched alkanes of at least 4 members (excludes halogenated alkanes) is 2. The number of nitrogens with zero attached hydrogens (tertiary/aromatic N) is 1. The number of benzene rings is 1. The molecule has 0 amide bonds. The SMILES string of the molecule is CCCCCc1cc(O)c2c(c1)OC(C)(C)CC2=NCCS. The number of thiol groups is 1. The van der Waals surface area contributed by atoms with Gasteiger partial charge in [0, 0.05) is 18.7 Å². The van der Waals surface area contributed by atoms with E-state index in [1.807, 2.05) is 6.07 Å². The molecular weight excluding hydrogens is 294 g/mol. The number of fused-ring (bicyclic) bond motifs is 1. The minimum absolute atomic E-state index is 0.289. The van der Waals surface area contributed by atoms with E-state index in [9.17, 15) is 5.11 Å². The average molecular weight is 321 g/mol. The Labute approximate surface area is 139 Å². The molecule has 0 atom stereocenters. The Morgan fingerprint density at radius 2 is 2.09 bits per heavy atom. The minimum atomic E-state index is -0.295. The highest BCUT2D eigenvalue weighted by atomic mass is 32.1. The van der Waals surface area contributed by atoms with Crippen molar-refractivity contribution in [2.45, 2.75) is 58.5 Å². The molecule has 0 aromatic heterocycles. The maximum absolute atomic E-state index is 10.5. The number of phenolic OH excluding ortho intramolecular Hbond substituents is 1. The Kier molecular flexibility index (Phi) is 5.79. The normalized spacial score (nSPS) is 18.1. The van der Waals surface area contributed by atoms with E-state index in [1.54, 1.807) is 0 Å². The molecule has 3 nitrogen and oxygen atoms in total. The van der Waals surface area contributed by atoms with E-state index in [0.717, 1.165) is 35.4 Å². The second-order valence-electron chi connectivity index (χ2n) is 6.54. The molecule has 1 heterocycles. The van der Waals surface area contributed by atoms with Gasteiger partial charge in [0.1, 0.15) is 17.1 Å². The first-order chi connectivity index (χ1) is 10.5. The first-order valence-electron chi connectivity index (χ1n) is 8.16. The number of phenols is 1. The lowest BCUT2D eigenvalue weighted by atomic mass is 9.90. The van der Waals surface area contributed by atoms with Gasteiger partial charge in [-0.25, -0.2) is 0 Å². The van der Waals surface area contributed by atoms with Gasteiger partial charge in [0.15, 0.2) is 0 Å². The molecule has 4 heteroatoms. The van der Waals surface area contributed by atoms with Gasteiger partial charge in [0.05, 0.1) is 11.3 Å². The van der Waals surface area contributed by atoms with Gasteiger partial charge < -0.3 is 9.84 Å². The van der Waals surface area contributed by atoms with Crippen LogP contribution in [0.15, 0.2) is 17.1 Å². The molecule has 2 rings (SSSR count). The summed E-state index contributed by atoms with van der Waals surface area (Å²) in [5.41, 5.74) is 2.53. The van der Waals surface area contributed by atoms with Crippen molar-refractivity contribution in [3.63, 3.8) is 0 Å². The van der Waals surface area contributed by atoms with Crippen LogP contribution in [0.5, 0.6) is 11.5 Å². The fraction of sp³-hybridized carbons (Fsp3) is 0.611. The minimum Gasteiger partial charge on any atom is -0.507 e. The van der Waals surface area contributed by atoms with Crippen LogP contribution < -0.4 is 4.74 Å². The molecule has 0 saturated carbocycles. The van der Waals surface area contributed by atoms with Crippen LogP contribution in [0, 0.1) is 0 Å². The number of aromatic hydroxyl groups is 1. The standard InChI is InChI=1S/C18H27NO2S/c1-4-5-6-7-13-10-15(20)17-14(19-8-9-22)12-18(2,3)21-16(17)11-13/h10-11,20,22H,4-9,12H2,1-3H3. The highest BCUT2D eigenvalue weighted by molar-refractivity contribution is 7.80. The number of ether oxygens (including phenoxy) is 1. The second kappa shape index (κ2) is 7.40. The molecule has 0 saturated heterocycles. The quantitative estimate of drug-likeness (QED) is 0.602. The van der Waals surface area contributed by atoms with Gasteiger partial charge in [-0.1, -0.05) is 19.8 Å². The van der Waals surface area contributed by atoms with E-state index >= 15 is 0 Å². The van der Waals surface area contributed by atoms with Crippen molar-refractivity contribution >= 4 is 18.3 Å². The summed E-state index contributed by atoms with van der Waals surface area (Å²) in [6.07, 6.45) is 5.22. The van der Waals surface area contributed by atoms with Crippen LogP contribution in [-0.2, 0) is 6.42 Å². The molecule has 0 aliphatic carbocycles. The summed E-state index contributed by atoms with van der Waals surface area (Å²) >= 11 is 4.22. The smallest absolute Gasteiger partial charge is 0.133 e. The summed E-state index contributed by atoms with van der Waals surface area (Å²) in [6.45, 7) is 6.98. The molecule has 122 valence electrons. The van der Waals surface area contributed by atoms with Gasteiger partial charge in [-0.2, -0.15) is 12.6 Å². The van der Waals surface area contributed by atoms with Gasteiger partial charge in [-0.15, -0.1) is 0 Å². The molecule has 1 aromatic carbocycles. The third-order valence-electron chi connectivity index (χ3n) is 3.88. The average Bonchev–Trinajstić information content (AvgIpc) is 2.43. The predicted octanol–water partition coefficient (Wildman–Crippen LogP) is 4.40. The number of aliphatic imine (C=N–C) groups is 1. The fourth-order valence-corrected chi connectivity index (χ4v) is 3.00. The van der Waals surface area contributed by atoms with Crippen molar-refractivity contribution in [3.8, 4) is 11.5 Å². The monoisotopic (exact) mass is 321 g/mol. The van der Waals surface area contributed by atoms with Gasteiger partial charge in [0.2, 0.25) is 0 Å². The lowest BCUT2D eigenvalue weighted by molar-refractivity contribution is 0.110. The molecule has 0 fully saturated rings. The molecule has 1 aromatic rings. The zero-order valence-corrected chi connectivity index (χ0v) is 14.7. The van der Waals surface area contributed by atoms with E-state index in [2.05, 4.69) is 44.5 Å². The third-order valence-corrected chi connectivity index (χ3v) is 4.08. The summed E-state index contributed by atoms with van der Waals surface area (Å²) in [5.74, 6) is 1.76. The zero-order chi connectivity index (χ0) is 16.2. The lowest BCUT2D eigenvalue weighted by Gasteiger charge is -2.34. The van der Waals surface area contributed by atoms with E-state index in [1.165, 1.54) is 12.8 Å². The number of rotatable bonds is 6. The summed E-state index contributed by atoms with van der Waals surface area (Å²) < 4.78 is 6.10. The topological polar surface area (TPSA) is 41.8 Å². The molecule has 1 N–H and O–H groups in total. The van der Waals surface area contributed by atoms with Crippen LogP contribution in [-0.4, -0.2) is 28.7 Å². The molecule has 0 bridgehead atoms. The first-order valence-corrected chi connectivity index (χ1v) is 8.79. The van der Waals surface area contributed by atoms with Crippen LogP contribution in [0.1, 0.15) is 57.6 Å². The van der Waals surface area contributed by atoms with E-state index in [4.69, 9.17) is 4.74 Å². The Balaban J connectivity index is 2.35. The van der Waals surface area contributed by atoms with Crippen LogP contribution in [0.4, 0.5) is 0 Å². The Morgan fingerprint density at radius 3 is 2.77 bits per heavy atom. The molecule has 0 radical (unpaired) electrons. The number of hydrogen-bond acceptors (Lipinski definition) is 4. The van der Waals surface area contributed by atoms with Crippen molar-refractivity contribution in [3.05, 3.63) is 23.3 Å². The molecule has 1 aliphatic heterocycles. The predicted molar refractivity (Wildman–Crippen MR) is 95.9 cm³/mol. The summed E-state index contributed by atoms with van der Waals surface area (Å²) in [7, 11) is 0. The van der Waals surface area contributed by atoms with Crippen LogP contribution in [0.3, 0.4) is 0 Å². The largest absolute Gasteiger partial charge is 0.507 e. The second-order valence-corrected chi connectivity index (χ2v) is 6.98.